The highest BCUT2D eigenvalue weighted by Crippen LogP contribution is 2.09. The molecule has 2 amide bonds. The van der Waals surface area contributed by atoms with Crippen LogP contribution in [0.1, 0.15) is 13.3 Å². The molecule has 0 radical (unpaired) electrons. The SMILES string of the molecule is CCC1CN(C(=O)N(C)C)CCO1. The third kappa shape index (κ3) is 2.59. The van der Waals surface area contributed by atoms with E-state index in [1.165, 1.54) is 0 Å². The topological polar surface area (TPSA) is 32.8 Å². The average molecular weight is 186 g/mol. The van der Waals surface area contributed by atoms with Crippen LogP contribution in [0.3, 0.4) is 0 Å². The van der Waals surface area contributed by atoms with Crippen molar-refractivity contribution in [2.24, 2.45) is 0 Å². The highest BCUT2D eigenvalue weighted by Gasteiger charge is 2.23. The summed E-state index contributed by atoms with van der Waals surface area (Å²) < 4.78 is 5.47. The van der Waals surface area contributed by atoms with Crippen molar-refractivity contribution in [2.75, 3.05) is 33.8 Å². The second-order valence-electron chi connectivity index (χ2n) is 3.52. The molecule has 0 N–H and O–H groups in total. The van der Waals surface area contributed by atoms with E-state index >= 15 is 0 Å². The Balaban J connectivity index is 2.46. The molecule has 0 saturated carbocycles. The highest BCUT2D eigenvalue weighted by molar-refractivity contribution is 5.73. The summed E-state index contributed by atoms with van der Waals surface area (Å²) in [5.41, 5.74) is 0. The van der Waals surface area contributed by atoms with Gasteiger partial charge in [0.05, 0.1) is 12.7 Å². The standard InChI is InChI=1S/C9H18N2O2/c1-4-8-7-11(5-6-13-8)9(12)10(2)3/h8H,4-7H2,1-3H3. The fourth-order valence-electron chi connectivity index (χ4n) is 1.42. The molecule has 1 atom stereocenters. The molecule has 0 aliphatic carbocycles. The van der Waals surface area contributed by atoms with Crippen molar-refractivity contribution in [2.45, 2.75) is 19.4 Å². The van der Waals surface area contributed by atoms with Crippen molar-refractivity contribution < 1.29 is 9.53 Å². The van der Waals surface area contributed by atoms with Gasteiger partial charge in [-0.15, -0.1) is 0 Å². The van der Waals surface area contributed by atoms with E-state index in [2.05, 4.69) is 6.92 Å². The Bertz CT molecular complexity index is 182. The maximum Gasteiger partial charge on any atom is 0.319 e. The van der Waals surface area contributed by atoms with Crippen molar-refractivity contribution >= 4 is 6.03 Å². The monoisotopic (exact) mass is 186 g/mol. The molecule has 76 valence electrons. The molecule has 1 saturated heterocycles. The first-order valence-corrected chi connectivity index (χ1v) is 4.73. The van der Waals surface area contributed by atoms with Crippen LogP contribution in [0, 0.1) is 0 Å². The first-order valence-electron chi connectivity index (χ1n) is 4.73. The summed E-state index contributed by atoms with van der Waals surface area (Å²) >= 11 is 0. The maximum atomic E-state index is 11.6. The molecule has 1 rings (SSSR count). The van der Waals surface area contributed by atoms with E-state index in [0.717, 1.165) is 13.0 Å². The zero-order valence-corrected chi connectivity index (χ0v) is 8.62. The molecule has 0 bridgehead atoms. The molecule has 0 aromatic rings. The van der Waals surface area contributed by atoms with Crippen molar-refractivity contribution in [3.8, 4) is 0 Å². The summed E-state index contributed by atoms with van der Waals surface area (Å²) in [5, 5.41) is 0. The Morgan fingerprint density at radius 1 is 1.62 bits per heavy atom. The van der Waals surface area contributed by atoms with E-state index in [4.69, 9.17) is 4.74 Å². The fourth-order valence-corrected chi connectivity index (χ4v) is 1.42. The van der Waals surface area contributed by atoms with Gasteiger partial charge in [0.25, 0.3) is 0 Å². The number of hydrogen-bond donors (Lipinski definition) is 0. The first kappa shape index (κ1) is 10.3. The third-order valence-electron chi connectivity index (χ3n) is 2.25. The van der Waals surface area contributed by atoms with Gasteiger partial charge in [-0.05, 0) is 6.42 Å². The molecular formula is C9H18N2O2. The van der Waals surface area contributed by atoms with Gasteiger partial charge in [-0.3, -0.25) is 0 Å². The number of urea groups is 1. The molecule has 1 aliphatic heterocycles. The lowest BCUT2D eigenvalue weighted by atomic mass is 10.2. The van der Waals surface area contributed by atoms with Crippen molar-refractivity contribution in [1.82, 2.24) is 9.80 Å². The Kier molecular flexibility index (Phi) is 3.54. The summed E-state index contributed by atoms with van der Waals surface area (Å²) in [6.45, 7) is 4.19. The van der Waals surface area contributed by atoms with E-state index in [-0.39, 0.29) is 12.1 Å². The third-order valence-corrected chi connectivity index (χ3v) is 2.25. The number of carbonyl (C=O) groups is 1. The lowest BCUT2D eigenvalue weighted by Gasteiger charge is -2.34. The highest BCUT2D eigenvalue weighted by atomic mass is 16.5. The Morgan fingerprint density at radius 3 is 2.85 bits per heavy atom. The fraction of sp³-hybridized carbons (Fsp3) is 0.889. The lowest BCUT2D eigenvalue weighted by molar-refractivity contribution is -0.0187. The molecule has 0 aromatic heterocycles. The van der Waals surface area contributed by atoms with Crippen LogP contribution in [0.5, 0.6) is 0 Å². The number of ether oxygens (including phenoxy) is 1. The number of hydrogen-bond acceptors (Lipinski definition) is 2. The van der Waals surface area contributed by atoms with Crippen LogP contribution in [-0.2, 0) is 4.74 Å². The van der Waals surface area contributed by atoms with Crippen LogP contribution < -0.4 is 0 Å². The number of carbonyl (C=O) groups excluding carboxylic acids is 1. The maximum absolute atomic E-state index is 11.6. The molecule has 1 unspecified atom stereocenters. The van der Waals surface area contributed by atoms with E-state index < -0.39 is 0 Å². The number of rotatable bonds is 1. The molecule has 4 nitrogen and oxygen atoms in total. The summed E-state index contributed by atoms with van der Waals surface area (Å²) in [7, 11) is 3.55. The van der Waals surface area contributed by atoms with Crippen LogP contribution >= 0.6 is 0 Å². The number of amides is 2. The molecule has 1 heterocycles. The molecule has 1 aliphatic rings. The van der Waals surface area contributed by atoms with Crippen molar-refractivity contribution in [3.63, 3.8) is 0 Å². The van der Waals surface area contributed by atoms with Gasteiger partial charge in [-0.1, -0.05) is 6.92 Å². The van der Waals surface area contributed by atoms with Gasteiger partial charge in [-0.2, -0.15) is 0 Å². The predicted molar refractivity (Wildman–Crippen MR) is 50.7 cm³/mol. The molecule has 4 heteroatoms. The van der Waals surface area contributed by atoms with E-state index in [1.54, 1.807) is 19.0 Å². The minimum atomic E-state index is 0.0850. The number of morpholine rings is 1. The molecule has 1 fully saturated rings. The minimum Gasteiger partial charge on any atom is -0.375 e. The van der Waals surface area contributed by atoms with Crippen LogP contribution in [0.4, 0.5) is 4.79 Å². The van der Waals surface area contributed by atoms with Gasteiger partial charge in [0.15, 0.2) is 0 Å². The Morgan fingerprint density at radius 2 is 2.31 bits per heavy atom. The van der Waals surface area contributed by atoms with Gasteiger partial charge in [-0.25, -0.2) is 4.79 Å². The molecule has 0 spiro atoms. The van der Waals surface area contributed by atoms with Crippen LogP contribution in [0.25, 0.3) is 0 Å². The van der Waals surface area contributed by atoms with Crippen molar-refractivity contribution in [1.29, 1.82) is 0 Å². The van der Waals surface area contributed by atoms with Crippen LogP contribution in [0.2, 0.25) is 0 Å². The minimum absolute atomic E-state index is 0.0850. The summed E-state index contributed by atoms with van der Waals surface area (Å²) in [5.74, 6) is 0. The summed E-state index contributed by atoms with van der Waals surface area (Å²) in [6.07, 6.45) is 1.19. The van der Waals surface area contributed by atoms with E-state index in [9.17, 15) is 4.79 Å². The van der Waals surface area contributed by atoms with E-state index in [0.29, 0.717) is 13.2 Å². The number of nitrogens with zero attached hydrogens (tertiary/aromatic N) is 2. The van der Waals surface area contributed by atoms with Gasteiger partial charge < -0.3 is 14.5 Å². The van der Waals surface area contributed by atoms with E-state index in [1.807, 2.05) is 4.90 Å². The predicted octanol–water partition coefficient (Wildman–Crippen LogP) is 0.779. The summed E-state index contributed by atoms with van der Waals surface area (Å²) in [4.78, 5) is 15.0. The smallest absolute Gasteiger partial charge is 0.319 e. The second kappa shape index (κ2) is 4.46. The van der Waals surface area contributed by atoms with Gasteiger partial charge in [0, 0.05) is 27.2 Å². The molecule has 13 heavy (non-hydrogen) atoms. The summed E-state index contributed by atoms with van der Waals surface area (Å²) in [6, 6.07) is 0.0850. The van der Waals surface area contributed by atoms with Gasteiger partial charge in [0.1, 0.15) is 0 Å². The lowest BCUT2D eigenvalue weighted by Crippen LogP contribution is -2.49. The Labute approximate surface area is 79.4 Å². The van der Waals surface area contributed by atoms with Crippen LogP contribution in [-0.4, -0.2) is 55.7 Å². The quantitative estimate of drug-likeness (QED) is 0.606. The van der Waals surface area contributed by atoms with Gasteiger partial charge >= 0.3 is 6.03 Å². The zero-order valence-electron chi connectivity index (χ0n) is 8.62. The second-order valence-corrected chi connectivity index (χ2v) is 3.52. The largest absolute Gasteiger partial charge is 0.375 e. The Hall–Kier alpha value is -0.770. The first-order chi connectivity index (χ1) is 6.15. The van der Waals surface area contributed by atoms with Gasteiger partial charge in [0.2, 0.25) is 0 Å². The normalized spacial score (nSPS) is 23.0. The average Bonchev–Trinajstić information content (AvgIpc) is 2.16. The zero-order chi connectivity index (χ0) is 9.84. The molecule has 0 aromatic carbocycles. The van der Waals surface area contributed by atoms with Crippen LogP contribution in [0.15, 0.2) is 0 Å². The van der Waals surface area contributed by atoms with Crippen molar-refractivity contribution in [3.05, 3.63) is 0 Å². The molecular weight excluding hydrogens is 168 g/mol.